The van der Waals surface area contributed by atoms with E-state index in [0.717, 1.165) is 38.5 Å². The molecule has 0 saturated carbocycles. The summed E-state index contributed by atoms with van der Waals surface area (Å²) in [4.78, 5) is 21.6. The van der Waals surface area contributed by atoms with E-state index in [4.69, 9.17) is 0 Å². The zero-order chi connectivity index (χ0) is 14.2. The van der Waals surface area contributed by atoms with Crippen LogP contribution in [-0.2, 0) is 9.59 Å². The van der Waals surface area contributed by atoms with Crippen molar-refractivity contribution in [3.63, 3.8) is 0 Å². The summed E-state index contributed by atoms with van der Waals surface area (Å²) in [5.74, 6) is 0.184. The van der Waals surface area contributed by atoms with Crippen LogP contribution in [0.1, 0.15) is 84.0 Å². The normalized spacial score (nSPS) is 10.4. The maximum atomic E-state index is 11.5. The summed E-state index contributed by atoms with van der Waals surface area (Å²) in [6, 6.07) is 0. The van der Waals surface area contributed by atoms with Gasteiger partial charge in [0.2, 0.25) is 5.91 Å². The zero-order valence-electron chi connectivity index (χ0n) is 12.6. The minimum Gasteiger partial charge on any atom is -0.356 e. The first-order chi connectivity index (χ1) is 9.31. The van der Waals surface area contributed by atoms with Crippen molar-refractivity contribution < 1.29 is 9.59 Å². The molecule has 19 heavy (non-hydrogen) atoms. The predicted octanol–water partition coefficient (Wildman–Crippen LogP) is 4.00. The van der Waals surface area contributed by atoms with Crippen LogP contribution in [0.2, 0.25) is 0 Å². The Bertz CT molecular complexity index is 217. The highest BCUT2D eigenvalue weighted by Gasteiger charge is 2.00. The van der Waals surface area contributed by atoms with Crippen molar-refractivity contribution in [2.24, 2.45) is 0 Å². The fourth-order valence-corrected chi connectivity index (χ4v) is 2.09. The smallest absolute Gasteiger partial charge is 0.219 e. The van der Waals surface area contributed by atoms with Crippen LogP contribution in [0.3, 0.4) is 0 Å². The second-order valence-corrected chi connectivity index (χ2v) is 5.24. The summed E-state index contributed by atoms with van der Waals surface area (Å²) in [6.07, 6.45) is 13.9. The van der Waals surface area contributed by atoms with Crippen LogP contribution in [0.25, 0.3) is 0 Å². The number of amides is 1. The van der Waals surface area contributed by atoms with Gasteiger partial charge in [-0.25, -0.2) is 0 Å². The second-order valence-electron chi connectivity index (χ2n) is 5.24. The lowest BCUT2D eigenvalue weighted by Crippen LogP contribution is -2.23. The highest BCUT2D eigenvalue weighted by Crippen LogP contribution is 2.08. The summed E-state index contributed by atoms with van der Waals surface area (Å²) in [7, 11) is 0. The maximum Gasteiger partial charge on any atom is 0.219 e. The predicted molar refractivity (Wildman–Crippen MR) is 80.2 cm³/mol. The molecule has 0 fully saturated rings. The highest BCUT2D eigenvalue weighted by atomic mass is 16.1. The summed E-state index contributed by atoms with van der Waals surface area (Å²) in [6.45, 7) is 2.98. The zero-order valence-corrected chi connectivity index (χ0v) is 12.6. The van der Waals surface area contributed by atoms with E-state index in [0.29, 0.717) is 12.8 Å². The Hall–Kier alpha value is -0.860. The van der Waals surface area contributed by atoms with E-state index in [1.807, 2.05) is 0 Å². The van der Waals surface area contributed by atoms with Gasteiger partial charge in [-0.2, -0.15) is 0 Å². The van der Waals surface area contributed by atoms with Gasteiger partial charge in [-0.1, -0.05) is 51.9 Å². The van der Waals surface area contributed by atoms with E-state index in [-0.39, 0.29) is 5.91 Å². The molecule has 1 N–H and O–H groups in total. The van der Waals surface area contributed by atoms with Crippen LogP contribution in [0.4, 0.5) is 0 Å². The molecule has 0 aliphatic carbocycles. The van der Waals surface area contributed by atoms with Crippen molar-refractivity contribution in [1.82, 2.24) is 5.32 Å². The number of hydrogen-bond donors (Lipinski definition) is 1. The molecular formula is C16H31NO2. The lowest BCUT2D eigenvalue weighted by atomic mass is 10.1. The van der Waals surface area contributed by atoms with Crippen molar-refractivity contribution in [2.45, 2.75) is 84.0 Å². The Balaban J connectivity index is 3.14. The van der Waals surface area contributed by atoms with Crippen molar-refractivity contribution in [3.05, 3.63) is 0 Å². The third kappa shape index (κ3) is 15.1. The Morgan fingerprint density at radius 1 is 0.895 bits per heavy atom. The molecule has 0 atom stereocenters. The van der Waals surface area contributed by atoms with Gasteiger partial charge in [0.25, 0.3) is 0 Å². The molecule has 0 aromatic heterocycles. The number of aldehydes is 1. The average Bonchev–Trinajstić information content (AvgIpc) is 2.41. The van der Waals surface area contributed by atoms with Crippen molar-refractivity contribution in [2.75, 3.05) is 6.54 Å². The molecule has 0 spiro atoms. The number of nitrogens with one attached hydrogen (secondary N) is 1. The molecule has 0 heterocycles. The van der Waals surface area contributed by atoms with Gasteiger partial charge in [0.1, 0.15) is 6.29 Å². The van der Waals surface area contributed by atoms with E-state index in [2.05, 4.69) is 12.2 Å². The Labute approximate surface area is 118 Å². The van der Waals surface area contributed by atoms with Gasteiger partial charge in [-0.05, 0) is 19.3 Å². The molecule has 3 nitrogen and oxygen atoms in total. The van der Waals surface area contributed by atoms with Gasteiger partial charge in [0.15, 0.2) is 0 Å². The van der Waals surface area contributed by atoms with E-state index in [1.54, 1.807) is 0 Å². The van der Waals surface area contributed by atoms with Gasteiger partial charge >= 0.3 is 0 Å². The Morgan fingerprint density at radius 2 is 1.53 bits per heavy atom. The van der Waals surface area contributed by atoms with Gasteiger partial charge in [0, 0.05) is 19.4 Å². The number of carbonyl (C=O) groups excluding carboxylic acids is 2. The molecule has 0 aliphatic rings. The van der Waals surface area contributed by atoms with Crippen LogP contribution >= 0.6 is 0 Å². The first-order valence-corrected chi connectivity index (χ1v) is 8.01. The van der Waals surface area contributed by atoms with Crippen LogP contribution in [0.5, 0.6) is 0 Å². The molecule has 1 amide bonds. The monoisotopic (exact) mass is 269 g/mol. The second kappa shape index (κ2) is 15.2. The standard InChI is InChI=1S/C16H31NO2/c1-2-3-4-5-6-7-10-13-16(19)17-14-11-8-9-12-15-18/h15H,2-14H2,1H3,(H,17,19). The molecular weight excluding hydrogens is 238 g/mol. The summed E-state index contributed by atoms with van der Waals surface area (Å²) in [5, 5.41) is 2.94. The molecule has 112 valence electrons. The first-order valence-electron chi connectivity index (χ1n) is 8.01. The summed E-state index contributed by atoms with van der Waals surface area (Å²) in [5.41, 5.74) is 0. The van der Waals surface area contributed by atoms with Crippen molar-refractivity contribution >= 4 is 12.2 Å². The number of rotatable bonds is 14. The van der Waals surface area contributed by atoms with Crippen LogP contribution in [0.15, 0.2) is 0 Å². The van der Waals surface area contributed by atoms with Crippen molar-refractivity contribution in [3.8, 4) is 0 Å². The van der Waals surface area contributed by atoms with Crippen molar-refractivity contribution in [1.29, 1.82) is 0 Å². The van der Waals surface area contributed by atoms with E-state index in [1.165, 1.54) is 38.5 Å². The van der Waals surface area contributed by atoms with Gasteiger partial charge in [0.05, 0.1) is 0 Å². The molecule has 0 bridgehead atoms. The van der Waals surface area contributed by atoms with E-state index >= 15 is 0 Å². The third-order valence-corrected chi connectivity index (χ3v) is 3.33. The highest BCUT2D eigenvalue weighted by molar-refractivity contribution is 5.75. The quantitative estimate of drug-likeness (QED) is 0.382. The molecule has 0 aromatic rings. The van der Waals surface area contributed by atoms with Gasteiger partial charge in [-0.15, -0.1) is 0 Å². The molecule has 3 heteroatoms. The summed E-state index contributed by atoms with van der Waals surface area (Å²) >= 11 is 0. The molecule has 0 aromatic carbocycles. The Kier molecular flexibility index (Phi) is 14.5. The van der Waals surface area contributed by atoms with E-state index < -0.39 is 0 Å². The number of hydrogen-bond acceptors (Lipinski definition) is 2. The lowest BCUT2D eigenvalue weighted by molar-refractivity contribution is -0.121. The molecule has 0 unspecified atom stereocenters. The van der Waals surface area contributed by atoms with Gasteiger partial charge < -0.3 is 10.1 Å². The fourth-order valence-electron chi connectivity index (χ4n) is 2.09. The Morgan fingerprint density at radius 3 is 2.21 bits per heavy atom. The fraction of sp³-hybridized carbons (Fsp3) is 0.875. The maximum absolute atomic E-state index is 11.5. The topological polar surface area (TPSA) is 46.2 Å². The van der Waals surface area contributed by atoms with Crippen LogP contribution in [0, 0.1) is 0 Å². The van der Waals surface area contributed by atoms with Crippen LogP contribution < -0.4 is 5.32 Å². The number of unbranched alkanes of at least 4 members (excludes halogenated alkanes) is 9. The SMILES string of the molecule is CCCCCCCCCC(=O)NCCCCCC=O. The largest absolute Gasteiger partial charge is 0.356 e. The van der Waals surface area contributed by atoms with Crippen LogP contribution in [-0.4, -0.2) is 18.7 Å². The molecule has 0 saturated heterocycles. The average molecular weight is 269 g/mol. The summed E-state index contributed by atoms with van der Waals surface area (Å²) < 4.78 is 0. The molecule has 0 aliphatic heterocycles. The molecule has 0 rings (SSSR count). The molecule has 0 radical (unpaired) electrons. The van der Waals surface area contributed by atoms with Gasteiger partial charge in [-0.3, -0.25) is 4.79 Å². The number of carbonyl (C=O) groups is 2. The van der Waals surface area contributed by atoms with E-state index in [9.17, 15) is 9.59 Å². The minimum absolute atomic E-state index is 0.184. The first kappa shape index (κ1) is 18.1. The third-order valence-electron chi connectivity index (χ3n) is 3.33. The minimum atomic E-state index is 0.184. The lowest BCUT2D eigenvalue weighted by Gasteiger charge is -2.05.